The fraction of sp³-hybridized carbons (Fsp3) is 0.500. The molecule has 0 saturated carbocycles. The molecule has 0 bridgehead atoms. The van der Waals surface area contributed by atoms with Gasteiger partial charge in [0, 0.05) is 12.6 Å². The second kappa shape index (κ2) is 5.76. The molecule has 1 heterocycles. The molecule has 0 aromatic carbocycles. The lowest BCUT2D eigenvalue weighted by Gasteiger charge is -2.25. The molecule has 4 nitrogen and oxygen atoms in total. The molecule has 0 saturated heterocycles. The number of nitrogens with zero attached hydrogens (tertiary/aromatic N) is 1. The van der Waals surface area contributed by atoms with Gasteiger partial charge in [-0.05, 0) is 40.2 Å². The van der Waals surface area contributed by atoms with Gasteiger partial charge in [0.05, 0.1) is 6.26 Å². The van der Waals surface area contributed by atoms with Gasteiger partial charge in [-0.2, -0.15) is 0 Å². The Bertz CT molecular complexity index is 401. The van der Waals surface area contributed by atoms with Gasteiger partial charge in [-0.1, -0.05) is 5.57 Å². The Hall–Kier alpha value is -1.71. The highest BCUT2D eigenvalue weighted by atomic mass is 16.6. The van der Waals surface area contributed by atoms with Crippen LogP contribution in [-0.4, -0.2) is 18.2 Å². The maximum atomic E-state index is 12.1. The van der Waals surface area contributed by atoms with E-state index in [4.69, 9.17) is 9.15 Å². The first-order valence-electron chi connectivity index (χ1n) is 5.98. The van der Waals surface area contributed by atoms with Crippen molar-refractivity contribution in [2.45, 2.75) is 39.7 Å². The first-order chi connectivity index (χ1) is 8.29. The van der Waals surface area contributed by atoms with E-state index in [-0.39, 0.29) is 0 Å². The van der Waals surface area contributed by atoms with Crippen LogP contribution in [0.3, 0.4) is 0 Å². The van der Waals surface area contributed by atoms with E-state index < -0.39 is 11.7 Å². The van der Waals surface area contributed by atoms with Crippen LogP contribution in [0, 0.1) is 0 Å². The minimum Gasteiger partial charge on any atom is -0.448 e. The number of rotatable bonds is 4. The highest BCUT2D eigenvalue weighted by Gasteiger charge is 2.24. The van der Waals surface area contributed by atoms with Crippen molar-refractivity contribution in [3.05, 3.63) is 30.5 Å². The zero-order chi connectivity index (χ0) is 13.8. The summed E-state index contributed by atoms with van der Waals surface area (Å²) in [4.78, 5) is 13.6. The van der Waals surface area contributed by atoms with Crippen molar-refractivity contribution in [1.29, 1.82) is 0 Å². The van der Waals surface area contributed by atoms with Gasteiger partial charge in [0.2, 0.25) is 5.88 Å². The van der Waals surface area contributed by atoms with Gasteiger partial charge in [-0.3, -0.25) is 0 Å². The van der Waals surface area contributed by atoms with E-state index in [2.05, 4.69) is 6.58 Å². The largest absolute Gasteiger partial charge is 0.448 e. The van der Waals surface area contributed by atoms with Gasteiger partial charge >= 0.3 is 6.09 Å². The summed E-state index contributed by atoms with van der Waals surface area (Å²) in [5.41, 5.74) is 0.487. The van der Waals surface area contributed by atoms with Gasteiger partial charge in [0.25, 0.3) is 0 Å². The van der Waals surface area contributed by atoms with Gasteiger partial charge < -0.3 is 9.15 Å². The van der Waals surface area contributed by atoms with Gasteiger partial charge in [-0.25, -0.2) is 9.69 Å². The van der Waals surface area contributed by atoms with Crippen LogP contribution in [0.2, 0.25) is 0 Å². The molecule has 1 rings (SSSR count). The number of amides is 1. The van der Waals surface area contributed by atoms with Crippen LogP contribution in [-0.2, 0) is 4.74 Å². The molecule has 1 aromatic heterocycles. The van der Waals surface area contributed by atoms with Crippen molar-refractivity contribution in [1.82, 2.24) is 0 Å². The van der Waals surface area contributed by atoms with E-state index in [1.807, 2.05) is 27.7 Å². The summed E-state index contributed by atoms with van der Waals surface area (Å²) >= 11 is 0. The van der Waals surface area contributed by atoms with Crippen LogP contribution < -0.4 is 4.90 Å². The molecule has 0 aliphatic rings. The topological polar surface area (TPSA) is 42.7 Å². The molecule has 100 valence electrons. The zero-order valence-electron chi connectivity index (χ0n) is 11.5. The first kappa shape index (κ1) is 14.4. The third-order valence-corrected chi connectivity index (χ3v) is 2.15. The minimum absolute atomic E-state index is 0.404. The number of hydrogen-bond acceptors (Lipinski definition) is 3. The first-order valence-corrected chi connectivity index (χ1v) is 5.98. The maximum Gasteiger partial charge on any atom is 0.417 e. The second-order valence-electron chi connectivity index (χ2n) is 5.29. The van der Waals surface area contributed by atoms with Crippen molar-refractivity contribution < 1.29 is 13.9 Å². The third kappa shape index (κ3) is 4.65. The molecule has 18 heavy (non-hydrogen) atoms. The van der Waals surface area contributed by atoms with Crippen molar-refractivity contribution in [3.63, 3.8) is 0 Å². The predicted molar refractivity (Wildman–Crippen MR) is 71.7 cm³/mol. The molecule has 1 amide bonds. The van der Waals surface area contributed by atoms with E-state index in [9.17, 15) is 4.79 Å². The summed E-state index contributed by atoms with van der Waals surface area (Å²) < 4.78 is 10.6. The Morgan fingerprint density at radius 3 is 2.61 bits per heavy atom. The summed E-state index contributed by atoms with van der Waals surface area (Å²) in [6.45, 7) is 11.8. The summed E-state index contributed by atoms with van der Waals surface area (Å²) in [5, 5.41) is 0. The monoisotopic (exact) mass is 251 g/mol. The lowest BCUT2D eigenvalue weighted by molar-refractivity contribution is 0.0575. The summed E-state index contributed by atoms with van der Waals surface area (Å²) in [6, 6.07) is 3.48. The van der Waals surface area contributed by atoms with Crippen LogP contribution in [0.1, 0.15) is 34.1 Å². The normalized spacial score (nSPS) is 11.1. The predicted octanol–water partition coefficient (Wildman–Crippen LogP) is 3.99. The molecule has 0 aliphatic carbocycles. The molecule has 0 aliphatic heterocycles. The van der Waals surface area contributed by atoms with Crippen molar-refractivity contribution in [2.75, 3.05) is 11.4 Å². The Kier molecular flexibility index (Phi) is 4.59. The van der Waals surface area contributed by atoms with Crippen LogP contribution >= 0.6 is 0 Å². The smallest absolute Gasteiger partial charge is 0.417 e. The fourth-order valence-electron chi connectivity index (χ4n) is 1.33. The summed E-state index contributed by atoms with van der Waals surface area (Å²) in [6.07, 6.45) is 1.84. The molecule has 0 N–H and O–H groups in total. The van der Waals surface area contributed by atoms with Crippen LogP contribution in [0.25, 0.3) is 0 Å². The number of anilines is 1. The van der Waals surface area contributed by atoms with Crippen LogP contribution in [0.4, 0.5) is 10.7 Å². The minimum atomic E-state index is -0.523. The van der Waals surface area contributed by atoms with Crippen molar-refractivity contribution in [2.24, 2.45) is 0 Å². The van der Waals surface area contributed by atoms with E-state index in [0.717, 1.165) is 5.57 Å². The maximum absolute atomic E-state index is 12.1. The molecule has 4 heteroatoms. The van der Waals surface area contributed by atoms with Crippen LogP contribution in [0.15, 0.2) is 35.0 Å². The Labute approximate surface area is 108 Å². The standard InChI is InChI=1S/C14H21NO3/c1-11(2)8-9-15(12-7-6-10-17-12)13(16)18-14(3,4)5/h6-7,10H,1,8-9H2,2-5H3. The highest BCUT2D eigenvalue weighted by molar-refractivity contribution is 5.86. The van der Waals surface area contributed by atoms with E-state index >= 15 is 0 Å². The molecule has 0 spiro atoms. The molecule has 0 radical (unpaired) electrons. The van der Waals surface area contributed by atoms with Gasteiger partial charge in [0.15, 0.2) is 0 Å². The van der Waals surface area contributed by atoms with Gasteiger partial charge in [0.1, 0.15) is 5.60 Å². The number of carbonyl (C=O) groups is 1. The highest BCUT2D eigenvalue weighted by Crippen LogP contribution is 2.19. The fourth-order valence-corrected chi connectivity index (χ4v) is 1.33. The van der Waals surface area contributed by atoms with E-state index in [0.29, 0.717) is 18.8 Å². The molecular formula is C14H21NO3. The quantitative estimate of drug-likeness (QED) is 0.760. The van der Waals surface area contributed by atoms with Crippen molar-refractivity contribution in [3.8, 4) is 0 Å². The lowest BCUT2D eigenvalue weighted by Crippen LogP contribution is -2.37. The SMILES string of the molecule is C=C(C)CCN(C(=O)OC(C)(C)C)c1ccco1. The lowest BCUT2D eigenvalue weighted by atomic mass is 10.2. The average Bonchev–Trinajstić information content (AvgIpc) is 2.67. The second-order valence-corrected chi connectivity index (χ2v) is 5.29. The molecule has 1 aromatic rings. The third-order valence-electron chi connectivity index (χ3n) is 2.15. The number of carbonyl (C=O) groups excluding carboxylic acids is 1. The number of ether oxygens (including phenoxy) is 1. The molecule has 0 atom stereocenters. The average molecular weight is 251 g/mol. The summed E-state index contributed by atoms with van der Waals surface area (Å²) in [7, 11) is 0. The summed E-state index contributed by atoms with van der Waals surface area (Å²) in [5.74, 6) is 0.491. The zero-order valence-corrected chi connectivity index (χ0v) is 11.5. The van der Waals surface area contributed by atoms with E-state index in [1.165, 1.54) is 11.2 Å². The van der Waals surface area contributed by atoms with Crippen molar-refractivity contribution >= 4 is 12.0 Å². The van der Waals surface area contributed by atoms with Gasteiger partial charge in [-0.15, -0.1) is 6.58 Å². The molecule has 0 fully saturated rings. The number of furan rings is 1. The Balaban J connectivity index is 2.77. The van der Waals surface area contributed by atoms with E-state index in [1.54, 1.807) is 12.1 Å². The number of hydrogen-bond donors (Lipinski definition) is 0. The Morgan fingerprint density at radius 2 is 2.17 bits per heavy atom. The molecular weight excluding hydrogens is 230 g/mol. The van der Waals surface area contributed by atoms with Crippen LogP contribution in [0.5, 0.6) is 0 Å². The molecule has 0 unspecified atom stereocenters. The Morgan fingerprint density at radius 1 is 1.50 bits per heavy atom.